The molecule has 0 heterocycles. The number of hydrogen-bond acceptors (Lipinski definition) is 2. The summed E-state index contributed by atoms with van der Waals surface area (Å²) in [6, 6.07) is 12.0. The number of nitrogens with one attached hydrogen (secondary N) is 2. The molecule has 2 aromatic carbocycles. The van der Waals surface area contributed by atoms with E-state index in [1.165, 1.54) is 0 Å². The van der Waals surface area contributed by atoms with Gasteiger partial charge >= 0.3 is 11.8 Å². The van der Waals surface area contributed by atoms with Crippen LogP contribution in [0.3, 0.4) is 0 Å². The van der Waals surface area contributed by atoms with E-state index in [9.17, 15) is 9.59 Å². The van der Waals surface area contributed by atoms with E-state index in [0.717, 1.165) is 10.0 Å². The van der Waals surface area contributed by atoms with Crippen LogP contribution < -0.4 is 10.6 Å². The van der Waals surface area contributed by atoms with Gasteiger partial charge in [0.25, 0.3) is 0 Å². The minimum Gasteiger partial charge on any atom is -0.318 e. The highest BCUT2D eigenvalue weighted by molar-refractivity contribution is 9.10. The third-order valence-corrected chi connectivity index (χ3v) is 3.45. The summed E-state index contributed by atoms with van der Waals surface area (Å²) in [5.41, 5.74) is 1.91. The standard InChI is InChI=1S/C15H12BrClN2O2/c1-9-7-10(16)5-6-13(9)19-15(21)14(20)18-12-4-2-3-11(17)8-12/h2-8H,1H3,(H,18,20)(H,19,21). The monoisotopic (exact) mass is 366 g/mol. The fraction of sp³-hybridized carbons (Fsp3) is 0.0667. The predicted octanol–water partition coefficient (Wildman–Crippen LogP) is 3.99. The molecule has 0 aliphatic heterocycles. The first kappa shape index (κ1) is 15.5. The van der Waals surface area contributed by atoms with Crippen LogP contribution in [0.15, 0.2) is 46.9 Å². The molecule has 0 aromatic heterocycles. The molecule has 108 valence electrons. The fourth-order valence-corrected chi connectivity index (χ4v) is 2.37. The molecule has 2 amide bonds. The van der Waals surface area contributed by atoms with Crippen molar-refractivity contribution in [1.29, 1.82) is 0 Å². The third kappa shape index (κ3) is 4.31. The van der Waals surface area contributed by atoms with Gasteiger partial charge in [-0.1, -0.05) is 33.6 Å². The molecule has 0 fully saturated rings. The maximum Gasteiger partial charge on any atom is 0.314 e. The highest BCUT2D eigenvalue weighted by Gasteiger charge is 2.15. The number of benzene rings is 2. The van der Waals surface area contributed by atoms with Crippen LogP contribution in [0.25, 0.3) is 0 Å². The molecule has 0 radical (unpaired) electrons. The molecular formula is C15H12BrClN2O2. The molecule has 4 nitrogen and oxygen atoms in total. The Hall–Kier alpha value is -1.85. The van der Waals surface area contributed by atoms with Gasteiger partial charge in [0.15, 0.2) is 0 Å². The van der Waals surface area contributed by atoms with Crippen molar-refractivity contribution in [3.05, 3.63) is 57.5 Å². The summed E-state index contributed by atoms with van der Waals surface area (Å²) in [7, 11) is 0. The van der Waals surface area contributed by atoms with E-state index in [2.05, 4.69) is 26.6 Å². The number of hydrogen-bond donors (Lipinski definition) is 2. The number of rotatable bonds is 2. The number of halogens is 2. The minimum absolute atomic E-state index is 0.468. The van der Waals surface area contributed by atoms with Crippen LogP contribution in [0.1, 0.15) is 5.56 Å². The Morgan fingerprint density at radius 3 is 2.43 bits per heavy atom. The summed E-state index contributed by atoms with van der Waals surface area (Å²) in [4.78, 5) is 23.7. The Balaban J connectivity index is 2.04. The predicted molar refractivity (Wildman–Crippen MR) is 87.6 cm³/mol. The number of anilines is 2. The largest absolute Gasteiger partial charge is 0.318 e. The van der Waals surface area contributed by atoms with Crippen molar-refractivity contribution in [2.24, 2.45) is 0 Å². The van der Waals surface area contributed by atoms with E-state index in [4.69, 9.17) is 11.6 Å². The van der Waals surface area contributed by atoms with E-state index in [-0.39, 0.29) is 0 Å². The average Bonchev–Trinajstić information content (AvgIpc) is 2.41. The normalized spacial score (nSPS) is 10.0. The second-order valence-corrected chi connectivity index (χ2v) is 5.73. The average molecular weight is 368 g/mol. The first-order valence-electron chi connectivity index (χ1n) is 6.10. The van der Waals surface area contributed by atoms with Crippen LogP contribution in [-0.2, 0) is 9.59 Å². The summed E-state index contributed by atoms with van der Waals surface area (Å²) in [6.45, 7) is 1.84. The van der Waals surface area contributed by atoms with Crippen molar-refractivity contribution in [3.63, 3.8) is 0 Å². The first-order chi connectivity index (χ1) is 9.95. The Kier molecular flexibility index (Phi) is 4.98. The lowest BCUT2D eigenvalue weighted by atomic mass is 10.2. The van der Waals surface area contributed by atoms with Gasteiger partial charge < -0.3 is 10.6 Å². The van der Waals surface area contributed by atoms with Gasteiger partial charge in [0.05, 0.1) is 0 Å². The van der Waals surface area contributed by atoms with Gasteiger partial charge in [-0.25, -0.2) is 0 Å². The second kappa shape index (κ2) is 6.74. The number of carbonyl (C=O) groups excluding carboxylic acids is 2. The van der Waals surface area contributed by atoms with Gasteiger partial charge in [0.2, 0.25) is 0 Å². The highest BCUT2D eigenvalue weighted by atomic mass is 79.9. The van der Waals surface area contributed by atoms with Crippen LogP contribution in [0.5, 0.6) is 0 Å². The summed E-state index contributed by atoms with van der Waals surface area (Å²) >= 11 is 9.15. The fourth-order valence-electron chi connectivity index (χ4n) is 1.70. The summed E-state index contributed by atoms with van der Waals surface area (Å²) in [5.74, 6) is -1.49. The number of amides is 2. The molecule has 0 atom stereocenters. The molecule has 0 spiro atoms. The Morgan fingerprint density at radius 2 is 1.76 bits per heavy atom. The SMILES string of the molecule is Cc1cc(Br)ccc1NC(=O)C(=O)Nc1cccc(Cl)c1. The van der Waals surface area contributed by atoms with Gasteiger partial charge in [-0.3, -0.25) is 9.59 Å². The van der Waals surface area contributed by atoms with E-state index in [1.807, 2.05) is 13.0 Å². The van der Waals surface area contributed by atoms with Gasteiger partial charge in [-0.2, -0.15) is 0 Å². The van der Waals surface area contributed by atoms with Crippen LogP contribution >= 0.6 is 27.5 Å². The molecule has 0 unspecified atom stereocenters. The van der Waals surface area contributed by atoms with Gasteiger partial charge in [-0.15, -0.1) is 0 Å². The van der Waals surface area contributed by atoms with Crippen molar-refractivity contribution in [1.82, 2.24) is 0 Å². The summed E-state index contributed by atoms with van der Waals surface area (Å²) < 4.78 is 0.904. The molecule has 21 heavy (non-hydrogen) atoms. The molecule has 2 N–H and O–H groups in total. The van der Waals surface area contributed by atoms with Crippen molar-refractivity contribution in [2.75, 3.05) is 10.6 Å². The molecule has 2 rings (SSSR count). The van der Waals surface area contributed by atoms with Crippen molar-refractivity contribution in [2.45, 2.75) is 6.92 Å². The quantitative estimate of drug-likeness (QED) is 0.789. The van der Waals surface area contributed by atoms with Crippen molar-refractivity contribution in [3.8, 4) is 0 Å². The molecule has 0 bridgehead atoms. The van der Waals surface area contributed by atoms with Crippen LogP contribution in [0, 0.1) is 6.92 Å². The molecule has 2 aromatic rings. The second-order valence-electron chi connectivity index (χ2n) is 4.38. The lowest BCUT2D eigenvalue weighted by Gasteiger charge is -2.09. The molecule has 0 aliphatic rings. The Labute approximate surface area is 135 Å². The molecule has 0 saturated carbocycles. The minimum atomic E-state index is -0.750. The maximum absolute atomic E-state index is 11.9. The van der Waals surface area contributed by atoms with Crippen LogP contribution in [-0.4, -0.2) is 11.8 Å². The molecule has 0 aliphatic carbocycles. The van der Waals surface area contributed by atoms with Gasteiger partial charge in [0.1, 0.15) is 0 Å². The summed E-state index contributed by atoms with van der Waals surface area (Å²) in [6.07, 6.45) is 0. The Morgan fingerprint density at radius 1 is 1.05 bits per heavy atom. The lowest BCUT2D eigenvalue weighted by molar-refractivity contribution is -0.133. The Bertz CT molecular complexity index is 704. The van der Waals surface area contributed by atoms with Gasteiger partial charge in [-0.05, 0) is 48.9 Å². The smallest absolute Gasteiger partial charge is 0.314 e. The topological polar surface area (TPSA) is 58.2 Å². The van der Waals surface area contributed by atoms with Gasteiger partial charge in [0, 0.05) is 20.9 Å². The van der Waals surface area contributed by atoms with Crippen LogP contribution in [0.4, 0.5) is 11.4 Å². The number of aryl methyl sites for hydroxylation is 1. The molecule has 0 saturated heterocycles. The third-order valence-electron chi connectivity index (χ3n) is 2.73. The zero-order valence-electron chi connectivity index (χ0n) is 11.1. The summed E-state index contributed by atoms with van der Waals surface area (Å²) in [5, 5.41) is 5.54. The zero-order chi connectivity index (χ0) is 15.4. The van der Waals surface area contributed by atoms with Crippen molar-refractivity contribution >= 4 is 50.7 Å². The zero-order valence-corrected chi connectivity index (χ0v) is 13.5. The van der Waals surface area contributed by atoms with E-state index >= 15 is 0 Å². The molecular weight excluding hydrogens is 356 g/mol. The lowest BCUT2D eigenvalue weighted by Crippen LogP contribution is -2.29. The van der Waals surface area contributed by atoms with Crippen LogP contribution in [0.2, 0.25) is 5.02 Å². The van der Waals surface area contributed by atoms with E-state index in [0.29, 0.717) is 16.4 Å². The first-order valence-corrected chi connectivity index (χ1v) is 7.27. The highest BCUT2D eigenvalue weighted by Crippen LogP contribution is 2.20. The van der Waals surface area contributed by atoms with Crippen molar-refractivity contribution < 1.29 is 9.59 Å². The maximum atomic E-state index is 11.9. The molecule has 6 heteroatoms. The number of carbonyl (C=O) groups is 2. The van der Waals surface area contributed by atoms with E-state index < -0.39 is 11.8 Å². The van der Waals surface area contributed by atoms with E-state index in [1.54, 1.807) is 36.4 Å².